The van der Waals surface area contributed by atoms with Gasteiger partial charge in [-0.05, 0) is 43.0 Å². The number of halogens is 1. The number of anilines is 1. The van der Waals surface area contributed by atoms with Crippen molar-refractivity contribution in [1.29, 1.82) is 0 Å². The lowest BCUT2D eigenvalue weighted by Crippen LogP contribution is -2.19. The van der Waals surface area contributed by atoms with Crippen LogP contribution in [0, 0.1) is 0 Å². The molecule has 0 aliphatic rings. The first kappa shape index (κ1) is 14.7. The normalized spacial score (nSPS) is 12.5. The topological polar surface area (TPSA) is 23.5 Å². The van der Waals surface area contributed by atoms with Crippen molar-refractivity contribution >= 4 is 29.1 Å². The Kier molecular flexibility index (Phi) is 6.17. The second-order valence-corrected chi connectivity index (χ2v) is 5.55. The van der Waals surface area contributed by atoms with Crippen LogP contribution in [0.2, 0.25) is 5.02 Å². The molecule has 0 bridgehead atoms. The van der Waals surface area contributed by atoms with Crippen LogP contribution < -0.4 is 4.90 Å². The van der Waals surface area contributed by atoms with Gasteiger partial charge in [-0.3, -0.25) is 0 Å². The molecule has 0 aliphatic heterocycles. The van der Waals surface area contributed by atoms with E-state index < -0.39 is 6.10 Å². The predicted octanol–water partition coefficient (Wildman–Crippen LogP) is 3.58. The maximum atomic E-state index is 9.48. The van der Waals surface area contributed by atoms with Crippen LogP contribution in [-0.4, -0.2) is 30.7 Å². The van der Waals surface area contributed by atoms with E-state index in [4.69, 9.17) is 11.6 Å². The Hall–Kier alpha value is -0.380. The zero-order chi connectivity index (χ0) is 12.8. The van der Waals surface area contributed by atoms with Crippen molar-refractivity contribution in [1.82, 2.24) is 0 Å². The summed E-state index contributed by atoms with van der Waals surface area (Å²) in [7, 11) is 2.05. The van der Waals surface area contributed by atoms with E-state index in [2.05, 4.69) is 11.2 Å². The minimum atomic E-state index is -0.469. The molecule has 4 heteroatoms. The van der Waals surface area contributed by atoms with E-state index in [1.165, 1.54) is 0 Å². The summed E-state index contributed by atoms with van der Waals surface area (Å²) in [5.74, 6) is 1.16. The molecule has 17 heavy (non-hydrogen) atoms. The SMILES string of the molecule is CSCCCN(C)c1ccc(C(C)O)cc1Cl. The molecule has 0 saturated carbocycles. The van der Waals surface area contributed by atoms with Crippen LogP contribution in [0.5, 0.6) is 0 Å². The number of nitrogens with zero attached hydrogens (tertiary/aromatic N) is 1. The van der Waals surface area contributed by atoms with Crippen LogP contribution in [0.1, 0.15) is 25.0 Å². The second kappa shape index (κ2) is 7.14. The van der Waals surface area contributed by atoms with Crippen molar-refractivity contribution in [2.75, 3.05) is 30.5 Å². The number of aliphatic hydroxyl groups is 1. The summed E-state index contributed by atoms with van der Waals surface area (Å²) < 4.78 is 0. The third-order valence-corrected chi connectivity index (χ3v) is 3.71. The monoisotopic (exact) mass is 273 g/mol. The molecule has 0 heterocycles. The molecule has 1 unspecified atom stereocenters. The van der Waals surface area contributed by atoms with Crippen molar-refractivity contribution in [2.24, 2.45) is 0 Å². The lowest BCUT2D eigenvalue weighted by Gasteiger charge is -2.21. The molecule has 0 aromatic heterocycles. The molecule has 2 nitrogen and oxygen atoms in total. The Labute approximate surface area is 113 Å². The van der Waals surface area contributed by atoms with Gasteiger partial charge in [0.25, 0.3) is 0 Å². The first-order valence-electron chi connectivity index (χ1n) is 5.74. The molecule has 0 aliphatic carbocycles. The molecule has 1 rings (SSSR count). The summed E-state index contributed by atoms with van der Waals surface area (Å²) in [6.45, 7) is 2.74. The molecule has 96 valence electrons. The first-order valence-corrected chi connectivity index (χ1v) is 7.51. The van der Waals surface area contributed by atoms with E-state index in [-0.39, 0.29) is 0 Å². The van der Waals surface area contributed by atoms with Crippen LogP contribution in [-0.2, 0) is 0 Å². The standard InChI is InChI=1S/C13H20ClNOS/c1-10(16)11-5-6-13(12(14)9-11)15(2)7-4-8-17-3/h5-6,9-10,16H,4,7-8H2,1-3H3. The van der Waals surface area contributed by atoms with Crippen LogP contribution in [0.15, 0.2) is 18.2 Å². The smallest absolute Gasteiger partial charge is 0.0762 e. The molecular formula is C13H20ClNOS. The maximum Gasteiger partial charge on any atom is 0.0762 e. The molecule has 1 aromatic rings. The lowest BCUT2D eigenvalue weighted by molar-refractivity contribution is 0.199. The quantitative estimate of drug-likeness (QED) is 0.802. The van der Waals surface area contributed by atoms with Gasteiger partial charge in [0.2, 0.25) is 0 Å². The van der Waals surface area contributed by atoms with Gasteiger partial charge in [0, 0.05) is 13.6 Å². The third kappa shape index (κ3) is 4.41. The fourth-order valence-corrected chi connectivity index (χ4v) is 2.41. The molecule has 0 spiro atoms. The highest BCUT2D eigenvalue weighted by atomic mass is 35.5. The van der Waals surface area contributed by atoms with Crippen molar-refractivity contribution in [3.05, 3.63) is 28.8 Å². The summed E-state index contributed by atoms with van der Waals surface area (Å²) in [6, 6.07) is 5.74. The molecule has 1 aromatic carbocycles. The Balaban J connectivity index is 2.70. The summed E-state index contributed by atoms with van der Waals surface area (Å²) in [6.07, 6.45) is 2.79. The van der Waals surface area contributed by atoms with Crippen LogP contribution >= 0.6 is 23.4 Å². The van der Waals surface area contributed by atoms with Gasteiger partial charge in [-0.15, -0.1) is 0 Å². The van der Waals surface area contributed by atoms with E-state index in [0.29, 0.717) is 5.02 Å². The van der Waals surface area contributed by atoms with Crippen LogP contribution in [0.25, 0.3) is 0 Å². The number of rotatable bonds is 6. The zero-order valence-corrected chi connectivity index (χ0v) is 12.2. The van der Waals surface area contributed by atoms with E-state index in [1.54, 1.807) is 6.92 Å². The predicted molar refractivity (Wildman–Crippen MR) is 78.4 cm³/mol. The molecule has 1 N–H and O–H groups in total. The Morgan fingerprint density at radius 3 is 2.71 bits per heavy atom. The number of hydrogen-bond donors (Lipinski definition) is 1. The fraction of sp³-hybridized carbons (Fsp3) is 0.538. The number of benzene rings is 1. The van der Waals surface area contributed by atoms with Crippen molar-refractivity contribution in [3.8, 4) is 0 Å². The average Bonchev–Trinajstić information content (AvgIpc) is 2.28. The first-order chi connectivity index (χ1) is 8.06. The molecule has 0 radical (unpaired) electrons. The van der Waals surface area contributed by atoms with E-state index in [0.717, 1.165) is 30.0 Å². The Morgan fingerprint density at radius 1 is 1.47 bits per heavy atom. The van der Waals surface area contributed by atoms with Gasteiger partial charge in [-0.1, -0.05) is 17.7 Å². The van der Waals surface area contributed by atoms with Gasteiger partial charge >= 0.3 is 0 Å². The minimum absolute atomic E-state index is 0.469. The number of hydrogen-bond acceptors (Lipinski definition) is 3. The van der Waals surface area contributed by atoms with Gasteiger partial charge in [0.1, 0.15) is 0 Å². The highest BCUT2D eigenvalue weighted by Crippen LogP contribution is 2.28. The van der Waals surface area contributed by atoms with E-state index in [9.17, 15) is 5.11 Å². The van der Waals surface area contributed by atoms with Gasteiger partial charge < -0.3 is 10.0 Å². The minimum Gasteiger partial charge on any atom is -0.389 e. The highest BCUT2D eigenvalue weighted by Gasteiger charge is 2.08. The highest BCUT2D eigenvalue weighted by molar-refractivity contribution is 7.98. The maximum absolute atomic E-state index is 9.48. The average molecular weight is 274 g/mol. The zero-order valence-electron chi connectivity index (χ0n) is 10.6. The molecule has 1 atom stereocenters. The summed E-state index contributed by atoms with van der Waals surface area (Å²) in [5.41, 5.74) is 1.88. The molecule has 0 saturated heterocycles. The van der Waals surface area contributed by atoms with Crippen LogP contribution in [0.4, 0.5) is 5.69 Å². The summed E-state index contributed by atoms with van der Waals surface area (Å²) >= 11 is 8.08. The summed E-state index contributed by atoms with van der Waals surface area (Å²) in [4.78, 5) is 2.16. The Bertz CT molecular complexity index is 357. The molecule has 0 fully saturated rings. The number of thioether (sulfide) groups is 1. The van der Waals surface area contributed by atoms with Crippen molar-refractivity contribution in [2.45, 2.75) is 19.4 Å². The molecular weight excluding hydrogens is 254 g/mol. The second-order valence-electron chi connectivity index (χ2n) is 4.15. The van der Waals surface area contributed by atoms with E-state index >= 15 is 0 Å². The van der Waals surface area contributed by atoms with Crippen molar-refractivity contribution in [3.63, 3.8) is 0 Å². The largest absolute Gasteiger partial charge is 0.389 e. The van der Waals surface area contributed by atoms with E-state index in [1.807, 2.05) is 37.0 Å². The van der Waals surface area contributed by atoms with Gasteiger partial charge in [-0.25, -0.2) is 0 Å². The van der Waals surface area contributed by atoms with Gasteiger partial charge in [-0.2, -0.15) is 11.8 Å². The summed E-state index contributed by atoms with van der Waals surface area (Å²) in [5, 5.41) is 10.2. The third-order valence-electron chi connectivity index (χ3n) is 2.71. The van der Waals surface area contributed by atoms with Crippen LogP contribution in [0.3, 0.4) is 0 Å². The van der Waals surface area contributed by atoms with Gasteiger partial charge in [0.05, 0.1) is 16.8 Å². The number of aliphatic hydroxyl groups excluding tert-OH is 1. The Morgan fingerprint density at radius 2 is 2.18 bits per heavy atom. The lowest BCUT2D eigenvalue weighted by atomic mass is 10.1. The molecule has 0 amide bonds. The van der Waals surface area contributed by atoms with Crippen molar-refractivity contribution < 1.29 is 5.11 Å². The fourth-order valence-electron chi connectivity index (χ4n) is 1.66. The van der Waals surface area contributed by atoms with Gasteiger partial charge in [0.15, 0.2) is 0 Å².